The highest BCUT2D eigenvalue weighted by Crippen LogP contribution is 2.45. The van der Waals surface area contributed by atoms with Gasteiger partial charge in [-0.1, -0.05) is 48.0 Å². The van der Waals surface area contributed by atoms with Gasteiger partial charge in [0.25, 0.3) is 11.5 Å². The summed E-state index contributed by atoms with van der Waals surface area (Å²) in [5, 5.41) is 0.336. The molecule has 0 radical (unpaired) electrons. The number of methoxy groups -OCH3 is 1. The fourth-order valence-electron chi connectivity index (χ4n) is 5.39. The van der Waals surface area contributed by atoms with E-state index in [2.05, 4.69) is 16.0 Å². The summed E-state index contributed by atoms with van der Waals surface area (Å²) < 4.78 is 6.84. The first kappa shape index (κ1) is 21.3. The monoisotopic (exact) mass is 464 g/mol. The molecule has 2 aliphatic heterocycles. The number of hydrogen-bond donors (Lipinski definition) is 0. The normalized spacial score (nSPS) is 18.6. The van der Waals surface area contributed by atoms with Gasteiger partial charge in [-0.25, -0.2) is 4.98 Å². The first-order chi connectivity index (χ1) is 17.0. The van der Waals surface area contributed by atoms with E-state index in [4.69, 9.17) is 4.74 Å². The zero-order valence-electron chi connectivity index (χ0n) is 19.7. The second-order valence-electron chi connectivity index (χ2n) is 9.04. The minimum absolute atomic E-state index is 0.178. The first-order valence-corrected chi connectivity index (χ1v) is 11.6. The Morgan fingerprint density at radius 3 is 2.57 bits per heavy atom. The molecule has 2 atom stereocenters. The van der Waals surface area contributed by atoms with E-state index in [-0.39, 0.29) is 17.5 Å². The maximum absolute atomic E-state index is 14.2. The van der Waals surface area contributed by atoms with Crippen molar-refractivity contribution in [3.8, 4) is 5.75 Å². The topological polar surface area (TPSA) is 76.8 Å². The van der Waals surface area contributed by atoms with Gasteiger partial charge >= 0.3 is 0 Å². The van der Waals surface area contributed by atoms with Gasteiger partial charge in [-0.15, -0.1) is 0 Å². The third-order valence-corrected chi connectivity index (χ3v) is 6.86. The predicted molar refractivity (Wildman–Crippen MR) is 135 cm³/mol. The number of ether oxygens (including phenoxy) is 1. The molecule has 4 aromatic rings. The number of amides is 1. The molecule has 6 rings (SSSR count). The van der Waals surface area contributed by atoms with E-state index in [1.165, 1.54) is 11.7 Å². The van der Waals surface area contributed by atoms with Crippen molar-refractivity contribution in [2.45, 2.75) is 32.5 Å². The number of fused-ring (bicyclic) bond motifs is 1. The SMILES string of the molecule is COc1cccc2nc(C)n(C3N=Cc4cc(C)cc5c4N(C3=O)C(c3ccccc3)C5)c(=O)c12. The second kappa shape index (κ2) is 7.91. The highest BCUT2D eigenvalue weighted by Gasteiger charge is 2.42. The van der Waals surface area contributed by atoms with Gasteiger partial charge in [0.05, 0.1) is 24.4 Å². The fraction of sp³-hybridized carbons (Fsp3) is 0.214. The Kier molecular flexibility index (Phi) is 4.81. The molecule has 35 heavy (non-hydrogen) atoms. The zero-order valence-corrected chi connectivity index (χ0v) is 19.7. The Labute approximate surface area is 202 Å². The number of carbonyl (C=O) groups excluding carboxylic acids is 1. The lowest BCUT2D eigenvalue weighted by Crippen LogP contribution is -2.41. The lowest BCUT2D eigenvalue weighted by molar-refractivity contribution is -0.122. The van der Waals surface area contributed by atoms with E-state index in [1.807, 2.05) is 48.2 Å². The van der Waals surface area contributed by atoms with Crippen molar-refractivity contribution in [2.24, 2.45) is 4.99 Å². The summed E-state index contributed by atoms with van der Waals surface area (Å²) >= 11 is 0. The van der Waals surface area contributed by atoms with Crippen molar-refractivity contribution >= 4 is 28.7 Å². The van der Waals surface area contributed by atoms with Gasteiger partial charge in [-0.05, 0) is 49.6 Å². The van der Waals surface area contributed by atoms with Crippen LogP contribution in [0, 0.1) is 13.8 Å². The first-order valence-electron chi connectivity index (χ1n) is 11.6. The second-order valence-corrected chi connectivity index (χ2v) is 9.04. The number of benzene rings is 3. The van der Waals surface area contributed by atoms with E-state index in [0.29, 0.717) is 28.9 Å². The Balaban J connectivity index is 1.58. The Hall–Kier alpha value is -4.26. The van der Waals surface area contributed by atoms with Crippen molar-refractivity contribution in [1.82, 2.24) is 9.55 Å². The number of rotatable bonds is 3. The van der Waals surface area contributed by atoms with Crippen LogP contribution in [0.2, 0.25) is 0 Å². The minimum atomic E-state index is -1.07. The summed E-state index contributed by atoms with van der Waals surface area (Å²) in [6.07, 6.45) is 1.35. The van der Waals surface area contributed by atoms with Crippen LogP contribution in [-0.4, -0.2) is 28.8 Å². The Bertz CT molecular complexity index is 1590. The number of nitrogens with zero attached hydrogens (tertiary/aromatic N) is 4. The number of anilines is 1. The molecule has 3 heterocycles. The molecule has 3 aromatic carbocycles. The van der Waals surface area contributed by atoms with Crippen molar-refractivity contribution in [3.63, 3.8) is 0 Å². The van der Waals surface area contributed by atoms with Crippen LogP contribution in [0.5, 0.6) is 5.75 Å². The molecule has 0 N–H and O–H groups in total. The highest BCUT2D eigenvalue weighted by atomic mass is 16.5. The maximum Gasteiger partial charge on any atom is 0.273 e. The van der Waals surface area contributed by atoms with Gasteiger partial charge in [0.1, 0.15) is 17.0 Å². The lowest BCUT2D eigenvalue weighted by atomic mass is 10.0. The molecule has 0 saturated carbocycles. The molecule has 1 aromatic heterocycles. The summed E-state index contributed by atoms with van der Waals surface area (Å²) in [6, 6.07) is 19.3. The largest absolute Gasteiger partial charge is 0.496 e. The van der Waals surface area contributed by atoms with Gasteiger partial charge in [-0.2, -0.15) is 0 Å². The zero-order chi connectivity index (χ0) is 24.3. The molecule has 1 amide bonds. The van der Waals surface area contributed by atoms with Crippen LogP contribution >= 0.6 is 0 Å². The van der Waals surface area contributed by atoms with Crippen LogP contribution in [0.3, 0.4) is 0 Å². The van der Waals surface area contributed by atoms with E-state index in [0.717, 1.165) is 27.9 Å². The Morgan fingerprint density at radius 1 is 1.00 bits per heavy atom. The molecule has 2 aliphatic rings. The van der Waals surface area contributed by atoms with Gasteiger partial charge in [-0.3, -0.25) is 19.1 Å². The van der Waals surface area contributed by atoms with Crippen molar-refractivity contribution in [3.05, 3.63) is 99.1 Å². The number of carbonyl (C=O) groups is 1. The molecule has 0 fully saturated rings. The highest BCUT2D eigenvalue weighted by molar-refractivity contribution is 6.07. The van der Waals surface area contributed by atoms with Crippen LogP contribution in [0.15, 0.2) is 70.5 Å². The van der Waals surface area contributed by atoms with Crippen molar-refractivity contribution < 1.29 is 9.53 Å². The summed E-state index contributed by atoms with van der Waals surface area (Å²) in [6.45, 7) is 3.78. The lowest BCUT2D eigenvalue weighted by Gasteiger charge is -2.29. The number of aromatic nitrogens is 2. The fourth-order valence-corrected chi connectivity index (χ4v) is 5.39. The van der Waals surface area contributed by atoms with Gasteiger partial charge < -0.3 is 9.64 Å². The summed E-state index contributed by atoms with van der Waals surface area (Å²) in [5.74, 6) is 0.588. The number of hydrogen-bond acceptors (Lipinski definition) is 5. The van der Waals surface area contributed by atoms with Crippen LogP contribution < -0.4 is 15.2 Å². The van der Waals surface area contributed by atoms with E-state index >= 15 is 0 Å². The molecule has 7 heteroatoms. The van der Waals surface area contributed by atoms with Gasteiger partial charge in [0.2, 0.25) is 6.17 Å². The van der Waals surface area contributed by atoms with Crippen molar-refractivity contribution in [2.75, 3.05) is 12.0 Å². The summed E-state index contributed by atoms with van der Waals surface area (Å²) in [5.41, 5.74) is 5.19. The number of aliphatic imine (C=N–C) groups is 1. The predicted octanol–water partition coefficient (Wildman–Crippen LogP) is 4.28. The number of aryl methyl sites for hydroxylation is 2. The van der Waals surface area contributed by atoms with Crippen LogP contribution in [0.4, 0.5) is 5.69 Å². The smallest absolute Gasteiger partial charge is 0.273 e. The third-order valence-electron chi connectivity index (χ3n) is 6.86. The van der Waals surface area contributed by atoms with E-state index in [9.17, 15) is 9.59 Å². The van der Waals surface area contributed by atoms with Gasteiger partial charge in [0.15, 0.2) is 0 Å². The quantitative estimate of drug-likeness (QED) is 0.453. The average Bonchev–Trinajstić information content (AvgIpc) is 3.18. The molecular weight excluding hydrogens is 440 g/mol. The minimum Gasteiger partial charge on any atom is -0.496 e. The third kappa shape index (κ3) is 3.19. The van der Waals surface area contributed by atoms with Gasteiger partial charge in [0, 0.05) is 11.8 Å². The average molecular weight is 465 g/mol. The summed E-state index contributed by atoms with van der Waals surface area (Å²) in [7, 11) is 1.52. The molecule has 0 spiro atoms. The van der Waals surface area contributed by atoms with Crippen LogP contribution in [-0.2, 0) is 11.2 Å². The summed E-state index contributed by atoms with van der Waals surface area (Å²) in [4.78, 5) is 39.1. The van der Waals surface area contributed by atoms with Crippen LogP contribution in [0.25, 0.3) is 10.9 Å². The standard InChI is InChI=1S/C28H24N4O3/c1-16-12-19-14-22(18-8-5-4-6-9-18)32-25(19)20(13-16)15-29-26(28(32)34)31-17(2)30-21-10-7-11-23(35-3)24(21)27(31)33/h4-13,15,22,26H,14H2,1-3H3. The van der Waals surface area contributed by atoms with E-state index < -0.39 is 6.17 Å². The molecule has 174 valence electrons. The molecule has 0 saturated heterocycles. The molecule has 0 bridgehead atoms. The molecule has 7 nitrogen and oxygen atoms in total. The molecule has 2 unspecified atom stereocenters. The van der Waals surface area contributed by atoms with E-state index in [1.54, 1.807) is 31.3 Å². The molecule has 0 aliphatic carbocycles. The molecular formula is C28H24N4O3. The maximum atomic E-state index is 14.2. The van der Waals surface area contributed by atoms with Crippen molar-refractivity contribution in [1.29, 1.82) is 0 Å². The van der Waals surface area contributed by atoms with Crippen LogP contribution in [0.1, 0.15) is 40.3 Å². The Morgan fingerprint density at radius 2 is 1.80 bits per heavy atom.